The maximum atomic E-state index is 11.1. The van der Waals surface area contributed by atoms with E-state index in [1.165, 1.54) is 12.5 Å². The van der Waals surface area contributed by atoms with Crippen molar-refractivity contribution >= 4 is 5.91 Å². The summed E-state index contributed by atoms with van der Waals surface area (Å²) in [6, 6.07) is 0. The molecule has 0 unspecified atom stereocenters. The summed E-state index contributed by atoms with van der Waals surface area (Å²) >= 11 is 0. The highest BCUT2D eigenvalue weighted by Gasteiger charge is 2.28. The summed E-state index contributed by atoms with van der Waals surface area (Å²) in [5.74, 6) is -0.119. The molecule has 1 aliphatic carbocycles. The van der Waals surface area contributed by atoms with Gasteiger partial charge in [-0.3, -0.25) is 4.79 Å². The molecule has 3 heteroatoms. The maximum Gasteiger partial charge on any atom is 0.243 e. The van der Waals surface area contributed by atoms with Crippen molar-refractivity contribution in [2.75, 3.05) is 6.54 Å². The lowest BCUT2D eigenvalue weighted by Crippen LogP contribution is -2.43. The molecule has 1 saturated carbocycles. The number of hydrogen-bond acceptors (Lipinski definition) is 2. The Kier molecular flexibility index (Phi) is 4.14. The molecule has 1 fully saturated rings. The minimum Gasteiger partial charge on any atom is -0.388 e. The van der Waals surface area contributed by atoms with Crippen molar-refractivity contribution < 1.29 is 9.90 Å². The third kappa shape index (κ3) is 3.50. The van der Waals surface area contributed by atoms with Crippen LogP contribution in [-0.4, -0.2) is 23.2 Å². The van der Waals surface area contributed by atoms with E-state index in [0.29, 0.717) is 6.54 Å². The first-order chi connectivity index (χ1) is 6.66. The molecule has 0 bridgehead atoms. The molecule has 0 aromatic carbocycles. The Hall–Kier alpha value is -0.830. The Labute approximate surface area is 85.2 Å². The molecule has 1 rings (SSSR count). The third-order valence-electron chi connectivity index (χ3n) is 2.69. The number of amides is 1. The van der Waals surface area contributed by atoms with Gasteiger partial charge in [-0.15, -0.1) is 0 Å². The molecule has 80 valence electrons. The summed E-state index contributed by atoms with van der Waals surface area (Å²) in [4.78, 5) is 11.1. The minimum atomic E-state index is -0.657. The minimum absolute atomic E-state index is 0.119. The van der Waals surface area contributed by atoms with Crippen molar-refractivity contribution in [3.05, 3.63) is 12.2 Å². The molecule has 0 aromatic rings. The highest BCUT2D eigenvalue weighted by atomic mass is 16.3. The van der Waals surface area contributed by atoms with Gasteiger partial charge < -0.3 is 10.4 Å². The molecule has 0 saturated heterocycles. The maximum absolute atomic E-state index is 11.1. The van der Waals surface area contributed by atoms with Crippen LogP contribution >= 0.6 is 0 Å². The van der Waals surface area contributed by atoms with E-state index < -0.39 is 5.60 Å². The molecule has 0 aromatic heterocycles. The van der Waals surface area contributed by atoms with E-state index in [4.69, 9.17) is 0 Å². The summed E-state index contributed by atoms with van der Waals surface area (Å²) in [5, 5.41) is 12.8. The molecule has 1 aliphatic rings. The largest absolute Gasteiger partial charge is 0.388 e. The Morgan fingerprint density at radius 1 is 1.43 bits per heavy atom. The van der Waals surface area contributed by atoms with Gasteiger partial charge >= 0.3 is 0 Å². The van der Waals surface area contributed by atoms with Crippen molar-refractivity contribution in [3.63, 3.8) is 0 Å². The number of allylic oxidation sites excluding steroid dienone is 1. The van der Waals surface area contributed by atoms with Gasteiger partial charge in [-0.2, -0.15) is 0 Å². The van der Waals surface area contributed by atoms with Crippen molar-refractivity contribution in [1.82, 2.24) is 5.32 Å². The zero-order valence-corrected chi connectivity index (χ0v) is 8.75. The van der Waals surface area contributed by atoms with Gasteiger partial charge in [-0.25, -0.2) is 0 Å². The highest BCUT2D eigenvalue weighted by Crippen LogP contribution is 2.27. The molecule has 0 heterocycles. The lowest BCUT2D eigenvalue weighted by Gasteiger charge is -2.31. The van der Waals surface area contributed by atoms with Gasteiger partial charge in [0.15, 0.2) is 0 Å². The number of nitrogens with one attached hydrogen (secondary N) is 1. The van der Waals surface area contributed by atoms with Crippen LogP contribution in [0.15, 0.2) is 12.2 Å². The fourth-order valence-corrected chi connectivity index (χ4v) is 1.85. The van der Waals surface area contributed by atoms with Crippen LogP contribution in [0.5, 0.6) is 0 Å². The number of carbonyl (C=O) groups is 1. The topological polar surface area (TPSA) is 49.3 Å². The van der Waals surface area contributed by atoms with Gasteiger partial charge in [0.25, 0.3) is 0 Å². The molecule has 0 atom stereocenters. The number of carbonyl (C=O) groups excluding carboxylic acids is 1. The molecule has 2 N–H and O–H groups in total. The van der Waals surface area contributed by atoms with E-state index in [1.807, 2.05) is 0 Å². The van der Waals surface area contributed by atoms with Gasteiger partial charge in [0.2, 0.25) is 5.91 Å². The quantitative estimate of drug-likeness (QED) is 0.671. The smallest absolute Gasteiger partial charge is 0.243 e. The number of aliphatic hydroxyl groups is 1. The number of hydrogen-bond donors (Lipinski definition) is 2. The average molecular weight is 197 g/mol. The molecule has 14 heavy (non-hydrogen) atoms. The first-order valence-electron chi connectivity index (χ1n) is 5.29. The summed E-state index contributed by atoms with van der Waals surface area (Å²) in [6.45, 7) is 2.19. The molecule has 0 spiro atoms. The predicted molar refractivity (Wildman–Crippen MR) is 55.9 cm³/mol. The summed E-state index contributed by atoms with van der Waals surface area (Å²) < 4.78 is 0. The van der Waals surface area contributed by atoms with E-state index in [-0.39, 0.29) is 5.91 Å². The molecular weight excluding hydrogens is 178 g/mol. The lowest BCUT2D eigenvalue weighted by atomic mass is 9.85. The van der Waals surface area contributed by atoms with E-state index in [1.54, 1.807) is 13.0 Å². The molecule has 0 radical (unpaired) electrons. The Morgan fingerprint density at radius 3 is 2.64 bits per heavy atom. The summed E-state index contributed by atoms with van der Waals surface area (Å²) in [7, 11) is 0. The molecule has 3 nitrogen and oxygen atoms in total. The van der Waals surface area contributed by atoms with E-state index in [0.717, 1.165) is 25.7 Å². The SMILES string of the molecule is C/C=C/C(=O)NCC1(O)CCCCC1. The first-order valence-corrected chi connectivity index (χ1v) is 5.29. The summed E-state index contributed by atoms with van der Waals surface area (Å²) in [5.41, 5.74) is -0.657. The standard InChI is InChI=1S/C11H19NO2/c1-2-6-10(13)12-9-11(14)7-4-3-5-8-11/h2,6,14H,3-5,7-9H2,1H3,(H,12,13)/b6-2+. The van der Waals surface area contributed by atoms with Gasteiger partial charge in [-0.05, 0) is 25.8 Å². The van der Waals surface area contributed by atoms with Gasteiger partial charge in [0.1, 0.15) is 0 Å². The highest BCUT2D eigenvalue weighted by molar-refractivity contribution is 5.87. The molecular formula is C11H19NO2. The average Bonchev–Trinajstić information content (AvgIpc) is 2.17. The monoisotopic (exact) mass is 197 g/mol. The Bertz CT molecular complexity index is 217. The van der Waals surface area contributed by atoms with Crippen LogP contribution in [0.25, 0.3) is 0 Å². The Morgan fingerprint density at radius 2 is 2.07 bits per heavy atom. The van der Waals surface area contributed by atoms with Crippen LogP contribution in [0.1, 0.15) is 39.0 Å². The van der Waals surface area contributed by atoms with Crippen LogP contribution in [-0.2, 0) is 4.79 Å². The fourth-order valence-electron chi connectivity index (χ4n) is 1.85. The second kappa shape index (κ2) is 5.15. The van der Waals surface area contributed by atoms with Gasteiger partial charge in [0.05, 0.1) is 5.60 Å². The van der Waals surface area contributed by atoms with Crippen LogP contribution in [0.3, 0.4) is 0 Å². The second-order valence-corrected chi connectivity index (χ2v) is 4.00. The molecule has 1 amide bonds. The fraction of sp³-hybridized carbons (Fsp3) is 0.727. The van der Waals surface area contributed by atoms with E-state index in [2.05, 4.69) is 5.32 Å². The van der Waals surface area contributed by atoms with Crippen LogP contribution in [0, 0.1) is 0 Å². The van der Waals surface area contributed by atoms with Crippen LogP contribution in [0.2, 0.25) is 0 Å². The van der Waals surface area contributed by atoms with Crippen LogP contribution in [0.4, 0.5) is 0 Å². The van der Waals surface area contributed by atoms with Gasteiger partial charge in [-0.1, -0.05) is 25.3 Å². The lowest BCUT2D eigenvalue weighted by molar-refractivity contribution is -0.118. The van der Waals surface area contributed by atoms with Crippen molar-refractivity contribution in [2.24, 2.45) is 0 Å². The Balaban J connectivity index is 2.31. The molecule has 0 aliphatic heterocycles. The van der Waals surface area contributed by atoms with Crippen LogP contribution < -0.4 is 5.32 Å². The third-order valence-corrected chi connectivity index (χ3v) is 2.69. The zero-order chi connectivity index (χ0) is 10.4. The normalized spacial score (nSPS) is 21.0. The van der Waals surface area contributed by atoms with Crippen molar-refractivity contribution in [1.29, 1.82) is 0 Å². The van der Waals surface area contributed by atoms with Crippen molar-refractivity contribution in [2.45, 2.75) is 44.6 Å². The van der Waals surface area contributed by atoms with E-state index in [9.17, 15) is 9.90 Å². The number of rotatable bonds is 3. The summed E-state index contributed by atoms with van der Waals surface area (Å²) in [6.07, 6.45) is 8.12. The first kappa shape index (κ1) is 11.2. The van der Waals surface area contributed by atoms with E-state index >= 15 is 0 Å². The van der Waals surface area contributed by atoms with Crippen molar-refractivity contribution in [3.8, 4) is 0 Å². The second-order valence-electron chi connectivity index (χ2n) is 4.00. The van der Waals surface area contributed by atoms with Gasteiger partial charge in [0, 0.05) is 6.54 Å². The predicted octanol–water partition coefficient (Wildman–Crippen LogP) is 1.37. The zero-order valence-electron chi connectivity index (χ0n) is 8.75.